The van der Waals surface area contributed by atoms with Crippen molar-refractivity contribution in [3.63, 3.8) is 0 Å². The molecule has 2 aromatic carbocycles. The predicted octanol–water partition coefficient (Wildman–Crippen LogP) is 4.50. The van der Waals surface area contributed by atoms with E-state index in [1.807, 2.05) is 13.0 Å². The first-order chi connectivity index (χ1) is 17.8. The van der Waals surface area contributed by atoms with Gasteiger partial charge in [-0.15, -0.1) is 16.8 Å². The lowest BCUT2D eigenvalue weighted by atomic mass is 10.2. The Bertz CT molecular complexity index is 1310. The van der Waals surface area contributed by atoms with Crippen molar-refractivity contribution in [3.05, 3.63) is 77.1 Å². The maximum Gasteiger partial charge on any atom is 0.244 e. The zero-order chi connectivity index (χ0) is 26.8. The van der Waals surface area contributed by atoms with E-state index >= 15 is 0 Å². The molecule has 0 saturated heterocycles. The van der Waals surface area contributed by atoms with Crippen molar-refractivity contribution in [2.24, 2.45) is 0 Å². The molecule has 0 aliphatic rings. The maximum atomic E-state index is 12.5. The zero-order valence-corrected chi connectivity index (χ0v) is 22.4. The molecule has 1 heterocycles. The van der Waals surface area contributed by atoms with Gasteiger partial charge in [-0.1, -0.05) is 35.5 Å². The number of nitrogens with one attached hydrogen (secondary N) is 2. The van der Waals surface area contributed by atoms with Gasteiger partial charge in [-0.2, -0.15) is 0 Å². The molecule has 3 aromatic rings. The second kappa shape index (κ2) is 13.5. The minimum atomic E-state index is -0.296. The number of nitrogens with zero attached hydrogens (tertiary/aromatic N) is 3. The summed E-state index contributed by atoms with van der Waals surface area (Å²) in [5.41, 5.74) is 2.36. The highest BCUT2D eigenvalue weighted by Crippen LogP contribution is 2.28. The Morgan fingerprint density at radius 2 is 1.92 bits per heavy atom. The third kappa shape index (κ3) is 7.86. The molecular formula is C26H28ClN5O4S. The SMILES string of the molecule is C=CCn1c(CNC(=O)C=Cc2ccc(OC)c(OC)c2)nnc1SCC(=O)Nc1ccc(Cl)cc1C. The Kier molecular flexibility index (Phi) is 10.2. The van der Waals surface area contributed by atoms with Gasteiger partial charge in [0.25, 0.3) is 0 Å². The quantitative estimate of drug-likeness (QED) is 0.197. The Labute approximate surface area is 224 Å². The normalized spacial score (nSPS) is 10.8. The number of hydrogen-bond acceptors (Lipinski definition) is 7. The van der Waals surface area contributed by atoms with Crippen LogP contribution in [-0.2, 0) is 22.7 Å². The number of rotatable bonds is 12. The number of allylic oxidation sites excluding steroid dienone is 1. The van der Waals surface area contributed by atoms with E-state index in [2.05, 4.69) is 27.4 Å². The van der Waals surface area contributed by atoms with Gasteiger partial charge in [0.15, 0.2) is 22.5 Å². The summed E-state index contributed by atoms with van der Waals surface area (Å²) in [6.45, 7) is 6.24. The Hall–Kier alpha value is -3.76. The number of ether oxygens (including phenoxy) is 2. The average molecular weight is 542 g/mol. The average Bonchev–Trinajstić information content (AvgIpc) is 3.27. The van der Waals surface area contributed by atoms with Gasteiger partial charge in [0, 0.05) is 23.3 Å². The minimum Gasteiger partial charge on any atom is -0.493 e. The zero-order valence-electron chi connectivity index (χ0n) is 20.8. The summed E-state index contributed by atoms with van der Waals surface area (Å²) in [5.74, 6) is 1.39. The van der Waals surface area contributed by atoms with E-state index in [0.29, 0.717) is 39.7 Å². The van der Waals surface area contributed by atoms with Crippen LogP contribution in [0.5, 0.6) is 11.5 Å². The van der Waals surface area contributed by atoms with Crippen molar-refractivity contribution in [1.29, 1.82) is 0 Å². The molecule has 0 fully saturated rings. The summed E-state index contributed by atoms with van der Waals surface area (Å²) in [6, 6.07) is 10.6. The number of aromatic nitrogens is 3. The Balaban J connectivity index is 1.58. The molecule has 0 saturated carbocycles. The molecule has 0 radical (unpaired) electrons. The number of methoxy groups -OCH3 is 2. The first-order valence-electron chi connectivity index (χ1n) is 11.2. The van der Waals surface area contributed by atoms with Crippen LogP contribution in [0.2, 0.25) is 5.02 Å². The van der Waals surface area contributed by atoms with Gasteiger partial charge in [-0.05, 0) is 54.5 Å². The Morgan fingerprint density at radius 1 is 1.14 bits per heavy atom. The van der Waals surface area contributed by atoms with Gasteiger partial charge < -0.3 is 24.7 Å². The number of anilines is 1. The number of halogens is 1. The second-order valence-corrected chi connectivity index (χ2v) is 9.14. The lowest BCUT2D eigenvalue weighted by molar-refractivity contribution is -0.116. The summed E-state index contributed by atoms with van der Waals surface area (Å²) in [5, 5.41) is 15.2. The van der Waals surface area contributed by atoms with Crippen LogP contribution in [0.1, 0.15) is 17.0 Å². The molecule has 0 aliphatic carbocycles. The topological polar surface area (TPSA) is 107 Å². The second-order valence-electron chi connectivity index (χ2n) is 7.76. The predicted molar refractivity (Wildman–Crippen MR) is 146 cm³/mol. The van der Waals surface area contributed by atoms with E-state index in [9.17, 15) is 9.59 Å². The molecule has 194 valence electrons. The summed E-state index contributed by atoms with van der Waals surface area (Å²) >= 11 is 7.22. The molecule has 2 N–H and O–H groups in total. The number of carbonyl (C=O) groups is 2. The molecule has 2 amide bonds. The molecule has 0 aliphatic heterocycles. The molecule has 0 bridgehead atoms. The van der Waals surface area contributed by atoms with Crippen LogP contribution < -0.4 is 20.1 Å². The smallest absolute Gasteiger partial charge is 0.244 e. The van der Waals surface area contributed by atoms with Crippen LogP contribution in [-0.4, -0.2) is 46.6 Å². The molecule has 37 heavy (non-hydrogen) atoms. The van der Waals surface area contributed by atoms with Gasteiger partial charge in [-0.25, -0.2) is 0 Å². The molecule has 11 heteroatoms. The van der Waals surface area contributed by atoms with Crippen molar-refractivity contribution in [1.82, 2.24) is 20.1 Å². The van der Waals surface area contributed by atoms with Gasteiger partial charge in [0.1, 0.15) is 0 Å². The molecule has 0 atom stereocenters. The first kappa shape index (κ1) is 27.8. The van der Waals surface area contributed by atoms with E-state index in [1.165, 1.54) is 17.8 Å². The molecule has 0 unspecified atom stereocenters. The third-order valence-electron chi connectivity index (χ3n) is 5.16. The maximum absolute atomic E-state index is 12.5. The van der Waals surface area contributed by atoms with Crippen LogP contribution in [0.4, 0.5) is 5.69 Å². The largest absolute Gasteiger partial charge is 0.493 e. The summed E-state index contributed by atoms with van der Waals surface area (Å²) in [6.07, 6.45) is 4.80. The molecule has 1 aromatic heterocycles. The number of hydrogen-bond donors (Lipinski definition) is 2. The lowest BCUT2D eigenvalue weighted by Crippen LogP contribution is -2.23. The van der Waals surface area contributed by atoms with Crippen LogP contribution in [0.3, 0.4) is 0 Å². The standard InChI is InChI=1S/C26H28ClN5O4S/c1-5-12-32-23(15-28-24(33)11-7-18-6-10-21(35-3)22(14-18)36-4)30-31-26(32)37-16-25(34)29-20-9-8-19(27)13-17(20)2/h5-11,13-14H,1,12,15-16H2,2-4H3,(H,28,33)(H,29,34). The number of amides is 2. The molecule has 9 nitrogen and oxygen atoms in total. The highest BCUT2D eigenvalue weighted by atomic mass is 35.5. The highest BCUT2D eigenvalue weighted by Gasteiger charge is 2.14. The van der Waals surface area contributed by atoms with E-state index in [-0.39, 0.29) is 24.1 Å². The van der Waals surface area contributed by atoms with E-state index in [4.69, 9.17) is 21.1 Å². The van der Waals surface area contributed by atoms with Crippen LogP contribution in [0, 0.1) is 6.92 Å². The van der Waals surface area contributed by atoms with E-state index in [0.717, 1.165) is 11.1 Å². The van der Waals surface area contributed by atoms with Crippen molar-refractivity contribution >= 4 is 46.9 Å². The summed E-state index contributed by atoms with van der Waals surface area (Å²) in [7, 11) is 3.11. The number of carbonyl (C=O) groups excluding carboxylic acids is 2. The van der Waals surface area contributed by atoms with Crippen LogP contribution in [0.25, 0.3) is 6.08 Å². The Morgan fingerprint density at radius 3 is 2.62 bits per heavy atom. The van der Waals surface area contributed by atoms with Gasteiger partial charge in [0.05, 0.1) is 26.5 Å². The van der Waals surface area contributed by atoms with Crippen molar-refractivity contribution in [2.45, 2.75) is 25.2 Å². The lowest BCUT2D eigenvalue weighted by Gasteiger charge is -2.10. The van der Waals surface area contributed by atoms with Crippen LogP contribution >= 0.6 is 23.4 Å². The van der Waals surface area contributed by atoms with Crippen LogP contribution in [0.15, 0.2) is 60.3 Å². The van der Waals surface area contributed by atoms with Crippen molar-refractivity contribution in [2.75, 3.05) is 25.3 Å². The van der Waals surface area contributed by atoms with Gasteiger partial charge in [0.2, 0.25) is 11.8 Å². The fourth-order valence-electron chi connectivity index (χ4n) is 3.31. The molecule has 3 rings (SSSR count). The number of thioether (sulfide) groups is 1. The molecule has 0 spiro atoms. The van der Waals surface area contributed by atoms with Gasteiger partial charge in [-0.3, -0.25) is 9.59 Å². The minimum absolute atomic E-state index is 0.137. The van der Waals surface area contributed by atoms with Crippen molar-refractivity contribution < 1.29 is 19.1 Å². The van der Waals surface area contributed by atoms with E-state index in [1.54, 1.807) is 61.3 Å². The number of benzene rings is 2. The molecular weight excluding hydrogens is 514 g/mol. The fraction of sp³-hybridized carbons (Fsp3) is 0.231. The summed E-state index contributed by atoms with van der Waals surface area (Å²) < 4.78 is 12.3. The number of aryl methyl sites for hydroxylation is 1. The monoisotopic (exact) mass is 541 g/mol. The van der Waals surface area contributed by atoms with Crippen molar-refractivity contribution in [3.8, 4) is 11.5 Å². The van der Waals surface area contributed by atoms with Gasteiger partial charge >= 0.3 is 0 Å². The third-order valence-corrected chi connectivity index (χ3v) is 6.36. The first-order valence-corrected chi connectivity index (χ1v) is 12.6. The summed E-state index contributed by atoms with van der Waals surface area (Å²) in [4.78, 5) is 24.8. The fourth-order valence-corrected chi connectivity index (χ4v) is 4.30. The highest BCUT2D eigenvalue weighted by molar-refractivity contribution is 7.99. The van der Waals surface area contributed by atoms with E-state index < -0.39 is 0 Å².